The Balaban J connectivity index is 2.75. The van der Waals surface area contributed by atoms with Crippen LogP contribution < -0.4 is 11.5 Å². The monoisotopic (exact) mass is 614 g/mol. The quantitative estimate of drug-likeness (QED) is 0.0616. The summed E-state index contributed by atoms with van der Waals surface area (Å²) in [7, 11) is 0. The maximum Gasteiger partial charge on any atom is 0.225 e. The zero-order valence-electron chi connectivity index (χ0n) is 27.7. The third-order valence-corrected chi connectivity index (χ3v) is 9.04. The number of aliphatic hydroxyl groups is 3. The number of rotatable bonds is 27. The van der Waals surface area contributed by atoms with Gasteiger partial charge in [-0.05, 0) is 12.8 Å². The van der Waals surface area contributed by atoms with Crippen LogP contribution in [0.15, 0.2) is 0 Å². The van der Waals surface area contributed by atoms with Crippen LogP contribution in [0.5, 0.6) is 0 Å². The average Bonchev–Trinajstić information content (AvgIpc) is 3.00. The molecular weight excluding hydrogens is 546 g/mol. The van der Waals surface area contributed by atoms with E-state index in [1.165, 1.54) is 88.4 Å². The minimum Gasteiger partial charge on any atom is -0.394 e. The van der Waals surface area contributed by atoms with Gasteiger partial charge in [-0.2, -0.15) is 0 Å². The Kier molecular flexibility index (Phi) is 22.4. The molecule has 0 saturated carbocycles. The number of unbranched alkanes of at least 4 members (excludes halogenated alkanes) is 19. The van der Waals surface area contributed by atoms with Crippen molar-refractivity contribution in [1.29, 1.82) is 0 Å². The number of amides is 1. The fourth-order valence-electron chi connectivity index (χ4n) is 6.30. The number of ether oxygens (including phenoxy) is 1. The van der Waals surface area contributed by atoms with E-state index in [-0.39, 0.29) is 18.9 Å². The minimum absolute atomic E-state index is 0.247. The molecule has 0 aliphatic carbocycles. The molecule has 0 aromatic carbocycles. The third kappa shape index (κ3) is 14.7. The van der Waals surface area contributed by atoms with E-state index < -0.39 is 49.0 Å². The molecule has 7 N–H and O–H groups in total. The van der Waals surface area contributed by atoms with Gasteiger partial charge in [-0.1, -0.05) is 136 Å². The van der Waals surface area contributed by atoms with Gasteiger partial charge in [0.25, 0.3) is 0 Å². The summed E-state index contributed by atoms with van der Waals surface area (Å²) < 4.78 is 5.92. The van der Waals surface area contributed by atoms with Crippen LogP contribution in [0.3, 0.4) is 0 Å². The fraction of sp³-hybridized carbons (Fsp3) is 0.941. The van der Waals surface area contributed by atoms with Crippen LogP contribution >= 0.6 is 0 Å². The maximum absolute atomic E-state index is 13.6. The number of Topliss-reactive ketones (excluding diaryl/α,β-unsaturated/α-hetero) is 1. The van der Waals surface area contributed by atoms with E-state index in [0.717, 1.165) is 38.5 Å². The van der Waals surface area contributed by atoms with Crippen molar-refractivity contribution < 1.29 is 29.6 Å². The molecule has 1 heterocycles. The van der Waals surface area contributed by atoms with E-state index >= 15 is 0 Å². The number of hydrogen-bond acceptors (Lipinski definition) is 8. The largest absolute Gasteiger partial charge is 0.394 e. The second-order valence-electron chi connectivity index (χ2n) is 12.7. The summed E-state index contributed by atoms with van der Waals surface area (Å²) in [4.78, 5) is 27.9. The predicted molar refractivity (Wildman–Crippen MR) is 173 cm³/mol. The normalized spacial score (nSPS) is 23.9. The van der Waals surface area contributed by atoms with Crippen molar-refractivity contribution in [2.75, 3.05) is 19.7 Å². The molecule has 5 atom stereocenters. The lowest BCUT2D eigenvalue weighted by atomic mass is 9.82. The molecule has 43 heavy (non-hydrogen) atoms. The fourth-order valence-corrected chi connectivity index (χ4v) is 6.30. The molecule has 1 rings (SSSR count). The smallest absolute Gasteiger partial charge is 0.225 e. The Bertz CT molecular complexity index is 726. The Morgan fingerprint density at radius 2 is 1.12 bits per heavy atom. The van der Waals surface area contributed by atoms with E-state index in [1.54, 1.807) is 0 Å². The molecule has 254 valence electrons. The molecular formula is C34H67N3O6. The predicted octanol–water partition coefficient (Wildman–Crippen LogP) is 5.31. The highest BCUT2D eigenvalue weighted by atomic mass is 16.6. The second-order valence-corrected chi connectivity index (χ2v) is 12.7. The van der Waals surface area contributed by atoms with Crippen molar-refractivity contribution in [2.24, 2.45) is 17.4 Å². The van der Waals surface area contributed by atoms with E-state index in [0.29, 0.717) is 12.8 Å². The van der Waals surface area contributed by atoms with Gasteiger partial charge in [0.2, 0.25) is 11.8 Å². The molecule has 1 fully saturated rings. The van der Waals surface area contributed by atoms with Crippen LogP contribution in [-0.4, -0.2) is 75.8 Å². The number of carbonyl (C=O) groups is 2. The van der Waals surface area contributed by atoms with E-state index in [2.05, 4.69) is 13.8 Å². The van der Waals surface area contributed by atoms with Crippen LogP contribution in [0, 0.1) is 5.92 Å². The van der Waals surface area contributed by atoms with Gasteiger partial charge in [-0.25, -0.2) is 0 Å². The van der Waals surface area contributed by atoms with Crippen LogP contribution in [-0.2, 0) is 14.3 Å². The van der Waals surface area contributed by atoms with Gasteiger partial charge in [0.05, 0.1) is 19.3 Å². The number of hydrogen-bond donors (Lipinski definition) is 5. The van der Waals surface area contributed by atoms with Gasteiger partial charge >= 0.3 is 0 Å². The first-order valence-corrected chi connectivity index (χ1v) is 17.7. The first-order valence-electron chi connectivity index (χ1n) is 17.7. The van der Waals surface area contributed by atoms with Crippen LogP contribution in [0.2, 0.25) is 0 Å². The van der Waals surface area contributed by atoms with E-state index in [4.69, 9.17) is 16.2 Å². The number of ketones is 1. The van der Waals surface area contributed by atoms with E-state index in [1.807, 2.05) is 0 Å². The average molecular weight is 614 g/mol. The molecule has 0 aromatic rings. The Morgan fingerprint density at radius 1 is 0.698 bits per heavy atom. The van der Waals surface area contributed by atoms with Gasteiger partial charge in [-0.3, -0.25) is 15.3 Å². The summed E-state index contributed by atoms with van der Waals surface area (Å²) in [5.74, 6) is -4.26. The highest BCUT2D eigenvalue weighted by Crippen LogP contribution is 2.36. The van der Waals surface area contributed by atoms with Gasteiger partial charge in [0.1, 0.15) is 18.1 Å². The highest BCUT2D eigenvalue weighted by molar-refractivity contribution is 5.86. The van der Waals surface area contributed by atoms with Crippen molar-refractivity contribution in [3.8, 4) is 0 Å². The molecule has 0 unspecified atom stereocenters. The molecule has 1 saturated heterocycles. The van der Waals surface area contributed by atoms with Crippen LogP contribution in [0.4, 0.5) is 0 Å². The van der Waals surface area contributed by atoms with Crippen LogP contribution in [0.25, 0.3) is 0 Å². The molecule has 1 aliphatic heterocycles. The molecule has 0 bridgehead atoms. The summed E-state index contributed by atoms with van der Waals surface area (Å²) in [6.45, 7) is 3.68. The zero-order chi connectivity index (χ0) is 31.9. The van der Waals surface area contributed by atoms with Crippen molar-refractivity contribution >= 4 is 11.7 Å². The summed E-state index contributed by atoms with van der Waals surface area (Å²) in [6, 6.07) is 0. The van der Waals surface area contributed by atoms with Crippen molar-refractivity contribution in [3.63, 3.8) is 0 Å². The number of aliphatic hydroxyl groups excluding tert-OH is 3. The molecule has 1 amide bonds. The summed E-state index contributed by atoms with van der Waals surface area (Å²) >= 11 is 0. The summed E-state index contributed by atoms with van der Waals surface area (Å²) in [6.07, 6.45) is 20.1. The molecule has 0 radical (unpaired) electrons. The van der Waals surface area contributed by atoms with Crippen molar-refractivity contribution in [3.05, 3.63) is 0 Å². The molecule has 0 aromatic heterocycles. The minimum atomic E-state index is -2.00. The first-order chi connectivity index (χ1) is 20.8. The van der Waals surface area contributed by atoms with Crippen molar-refractivity contribution in [1.82, 2.24) is 4.90 Å². The Hall–Kier alpha value is -1.10. The third-order valence-electron chi connectivity index (χ3n) is 9.04. The topological polar surface area (TPSA) is 159 Å². The Labute approximate surface area is 262 Å². The van der Waals surface area contributed by atoms with Crippen molar-refractivity contribution in [2.45, 2.75) is 179 Å². The summed E-state index contributed by atoms with van der Waals surface area (Å²) in [5, 5.41) is 31.2. The maximum atomic E-state index is 13.6. The standard InChI is InChI=1S/C34H67N3O6/c1-3-5-7-9-11-13-14-15-17-19-21-23-25-37(30(40)24-22-20-18-16-12-10-8-6-4-2)34(36)31(28(39)26-35)33(42)32(41)29(27-38)43-34/h29,31-33,38,41-42H,3-27,35-36H2,1-2H3/t29-,31-,32-,33-,34+/m1/s1. The lowest BCUT2D eigenvalue weighted by Gasteiger charge is -2.52. The van der Waals surface area contributed by atoms with E-state index in [9.17, 15) is 24.9 Å². The van der Waals surface area contributed by atoms with Gasteiger partial charge < -0.3 is 30.7 Å². The molecule has 9 heteroatoms. The summed E-state index contributed by atoms with van der Waals surface area (Å²) in [5.41, 5.74) is 12.4. The molecule has 1 aliphatic rings. The zero-order valence-corrected chi connectivity index (χ0v) is 27.7. The Morgan fingerprint density at radius 3 is 1.53 bits per heavy atom. The lowest BCUT2D eigenvalue weighted by Crippen LogP contribution is -2.75. The lowest BCUT2D eigenvalue weighted by molar-refractivity contribution is -0.291. The second kappa shape index (κ2) is 24.2. The highest BCUT2D eigenvalue weighted by Gasteiger charge is 2.58. The molecule has 9 nitrogen and oxygen atoms in total. The number of carbonyl (C=O) groups excluding carboxylic acids is 2. The van der Waals surface area contributed by atoms with Gasteiger partial charge in [-0.15, -0.1) is 0 Å². The first kappa shape index (κ1) is 39.9. The number of nitrogens with zero attached hydrogens (tertiary/aromatic N) is 1. The molecule has 0 spiro atoms. The van der Waals surface area contributed by atoms with Crippen LogP contribution in [0.1, 0.15) is 155 Å². The van der Waals surface area contributed by atoms with Gasteiger partial charge in [0.15, 0.2) is 5.78 Å². The number of nitrogens with two attached hydrogens (primary N) is 2. The van der Waals surface area contributed by atoms with Gasteiger partial charge in [0, 0.05) is 13.0 Å². The SMILES string of the molecule is CCCCCCCCCCCCCCN(C(=O)CCCCCCCCCCC)[C@]1(N)O[C@H](CO)[C@@H](O)[C@H](O)[C@H]1C(=O)CN.